The second kappa shape index (κ2) is 3.77. The summed E-state index contributed by atoms with van der Waals surface area (Å²) in [6.45, 7) is 6.66. The lowest BCUT2D eigenvalue weighted by molar-refractivity contribution is -0.403. The van der Waals surface area contributed by atoms with Gasteiger partial charge in [-0.05, 0) is 26.0 Å². The van der Waals surface area contributed by atoms with Crippen LogP contribution >= 0.6 is 0 Å². The first kappa shape index (κ1) is 12.5. The van der Waals surface area contributed by atoms with Crippen LogP contribution in [0.4, 0.5) is 11.4 Å². The van der Waals surface area contributed by atoms with Crippen molar-refractivity contribution in [3.8, 4) is 0 Å². The van der Waals surface area contributed by atoms with Crippen LogP contribution in [0, 0.1) is 0 Å². The molecular formula is C12H17IN2. The van der Waals surface area contributed by atoms with Crippen molar-refractivity contribution in [3.05, 3.63) is 23.8 Å². The topological polar surface area (TPSA) is 29.0 Å². The van der Waals surface area contributed by atoms with E-state index in [1.807, 2.05) is 6.07 Å². The van der Waals surface area contributed by atoms with E-state index in [-0.39, 0.29) is 29.4 Å². The number of hydrogen-bond acceptors (Lipinski definition) is 1. The van der Waals surface area contributed by atoms with Crippen molar-refractivity contribution in [1.29, 1.82) is 0 Å². The molecule has 0 saturated carbocycles. The molecule has 0 fully saturated rings. The Labute approximate surface area is 108 Å². The van der Waals surface area contributed by atoms with Gasteiger partial charge in [-0.2, -0.15) is 0 Å². The minimum atomic E-state index is 0. The third-order valence-corrected chi connectivity index (χ3v) is 3.46. The van der Waals surface area contributed by atoms with E-state index in [0.717, 1.165) is 5.69 Å². The van der Waals surface area contributed by atoms with Crippen LogP contribution in [0.2, 0.25) is 0 Å². The van der Waals surface area contributed by atoms with Gasteiger partial charge in [0.2, 0.25) is 5.69 Å². The Balaban J connectivity index is 0.00000112. The van der Waals surface area contributed by atoms with E-state index in [1.54, 1.807) is 0 Å². The first-order valence-electron chi connectivity index (χ1n) is 4.92. The molecule has 1 aliphatic rings. The molecule has 0 bridgehead atoms. The Bertz CT molecular complexity index is 433. The standard InChI is InChI=1S/C12H17N2.HI/c1-8-12(2,3)10-7-9(13)5-6-11(10)14(8)4;/h5-7H,13H2,1-4H3;1H/q+1;/p-1. The van der Waals surface area contributed by atoms with Crippen LogP contribution in [0.5, 0.6) is 0 Å². The maximum atomic E-state index is 5.82. The predicted octanol–water partition coefficient (Wildman–Crippen LogP) is -0.701. The van der Waals surface area contributed by atoms with E-state index in [0.29, 0.717) is 0 Å². The summed E-state index contributed by atoms with van der Waals surface area (Å²) < 4.78 is 2.24. The van der Waals surface area contributed by atoms with Gasteiger partial charge in [0.1, 0.15) is 7.05 Å². The molecule has 1 heterocycles. The van der Waals surface area contributed by atoms with Gasteiger partial charge in [-0.15, -0.1) is 0 Å². The molecule has 1 aliphatic heterocycles. The van der Waals surface area contributed by atoms with Crippen LogP contribution in [0.3, 0.4) is 0 Å². The highest BCUT2D eigenvalue weighted by Gasteiger charge is 2.41. The van der Waals surface area contributed by atoms with Crippen molar-refractivity contribution in [2.24, 2.45) is 0 Å². The fourth-order valence-electron chi connectivity index (χ4n) is 2.14. The molecule has 15 heavy (non-hydrogen) atoms. The van der Waals surface area contributed by atoms with Gasteiger partial charge < -0.3 is 29.7 Å². The Morgan fingerprint density at radius 3 is 2.47 bits per heavy atom. The molecule has 0 atom stereocenters. The highest BCUT2D eigenvalue weighted by atomic mass is 127. The average Bonchev–Trinajstić information content (AvgIpc) is 2.29. The Hall–Kier alpha value is -0.580. The Morgan fingerprint density at radius 1 is 1.27 bits per heavy atom. The number of rotatable bonds is 0. The lowest BCUT2D eigenvalue weighted by Crippen LogP contribution is -3.00. The first-order valence-corrected chi connectivity index (χ1v) is 4.92. The highest BCUT2D eigenvalue weighted by Crippen LogP contribution is 2.39. The number of nitrogens with zero attached hydrogens (tertiary/aromatic N) is 1. The fourth-order valence-corrected chi connectivity index (χ4v) is 2.14. The van der Waals surface area contributed by atoms with Crippen LogP contribution in [0.15, 0.2) is 18.2 Å². The van der Waals surface area contributed by atoms with Gasteiger partial charge in [0.05, 0.1) is 5.41 Å². The number of benzene rings is 1. The molecule has 0 saturated heterocycles. The molecule has 1 aromatic carbocycles. The highest BCUT2D eigenvalue weighted by molar-refractivity contribution is 5.93. The van der Waals surface area contributed by atoms with Crippen molar-refractivity contribution in [3.63, 3.8) is 0 Å². The summed E-state index contributed by atoms with van der Waals surface area (Å²) in [7, 11) is 2.11. The molecule has 2 N–H and O–H groups in total. The molecule has 82 valence electrons. The minimum Gasteiger partial charge on any atom is -1.00 e. The summed E-state index contributed by atoms with van der Waals surface area (Å²) in [5, 5.41) is 0. The van der Waals surface area contributed by atoms with Gasteiger partial charge in [-0.3, -0.25) is 0 Å². The fraction of sp³-hybridized carbons (Fsp3) is 0.417. The second-order valence-electron chi connectivity index (χ2n) is 4.55. The van der Waals surface area contributed by atoms with Gasteiger partial charge in [-0.25, -0.2) is 4.58 Å². The second-order valence-corrected chi connectivity index (χ2v) is 4.55. The van der Waals surface area contributed by atoms with Crippen LogP contribution in [0.1, 0.15) is 26.3 Å². The SMILES string of the molecule is CC1=[N+](C)c2ccc(N)cc2C1(C)C.[I-]. The number of nitrogen functional groups attached to an aromatic ring is 1. The third-order valence-electron chi connectivity index (χ3n) is 3.46. The minimum absolute atomic E-state index is 0. The summed E-state index contributed by atoms with van der Waals surface area (Å²) in [5.74, 6) is 0. The average molecular weight is 316 g/mol. The van der Waals surface area contributed by atoms with Crippen molar-refractivity contribution in [2.45, 2.75) is 26.2 Å². The molecular weight excluding hydrogens is 299 g/mol. The van der Waals surface area contributed by atoms with E-state index in [4.69, 9.17) is 5.73 Å². The summed E-state index contributed by atoms with van der Waals surface area (Å²) in [5.41, 5.74) is 10.8. The monoisotopic (exact) mass is 316 g/mol. The summed E-state index contributed by atoms with van der Waals surface area (Å²) in [6, 6.07) is 6.15. The maximum Gasteiger partial charge on any atom is 0.209 e. The zero-order valence-corrected chi connectivity index (χ0v) is 11.8. The number of nitrogens with two attached hydrogens (primary N) is 1. The smallest absolute Gasteiger partial charge is 0.209 e. The summed E-state index contributed by atoms with van der Waals surface area (Å²) in [4.78, 5) is 0. The van der Waals surface area contributed by atoms with Gasteiger partial charge >= 0.3 is 0 Å². The first-order chi connectivity index (χ1) is 6.44. The van der Waals surface area contributed by atoms with Crippen LogP contribution in [-0.2, 0) is 5.41 Å². The molecule has 0 spiro atoms. The van der Waals surface area contributed by atoms with Crippen LogP contribution < -0.4 is 29.7 Å². The normalized spacial score (nSPS) is 17.3. The molecule has 0 radical (unpaired) electrons. The zero-order valence-electron chi connectivity index (χ0n) is 9.63. The van der Waals surface area contributed by atoms with Crippen molar-refractivity contribution in [1.82, 2.24) is 0 Å². The maximum absolute atomic E-state index is 5.82. The van der Waals surface area contributed by atoms with E-state index in [1.165, 1.54) is 17.0 Å². The molecule has 0 aromatic heterocycles. The molecule has 3 heteroatoms. The lowest BCUT2D eigenvalue weighted by atomic mass is 9.82. The molecule has 2 nitrogen and oxygen atoms in total. The van der Waals surface area contributed by atoms with Gasteiger partial charge in [0, 0.05) is 24.2 Å². The molecule has 2 rings (SSSR count). The Kier molecular flexibility index (Phi) is 3.14. The van der Waals surface area contributed by atoms with E-state index in [9.17, 15) is 0 Å². The van der Waals surface area contributed by atoms with Crippen LogP contribution in [0.25, 0.3) is 0 Å². The largest absolute Gasteiger partial charge is 1.00 e. The van der Waals surface area contributed by atoms with E-state index < -0.39 is 0 Å². The number of anilines is 1. The molecule has 0 aliphatic carbocycles. The van der Waals surface area contributed by atoms with Crippen molar-refractivity contribution >= 4 is 17.1 Å². The molecule has 0 amide bonds. The van der Waals surface area contributed by atoms with Gasteiger partial charge in [0.25, 0.3) is 0 Å². The quantitative estimate of drug-likeness (QED) is 0.383. The van der Waals surface area contributed by atoms with Crippen molar-refractivity contribution in [2.75, 3.05) is 12.8 Å². The van der Waals surface area contributed by atoms with Gasteiger partial charge in [-0.1, -0.05) is 0 Å². The number of hydrogen-bond donors (Lipinski definition) is 1. The number of halogens is 1. The predicted molar refractivity (Wildman–Crippen MR) is 60.4 cm³/mol. The van der Waals surface area contributed by atoms with Crippen molar-refractivity contribution < 1.29 is 28.6 Å². The zero-order chi connectivity index (χ0) is 10.5. The summed E-state index contributed by atoms with van der Waals surface area (Å²) >= 11 is 0. The van der Waals surface area contributed by atoms with Crippen LogP contribution in [-0.4, -0.2) is 17.3 Å². The molecule has 0 unspecified atom stereocenters. The van der Waals surface area contributed by atoms with E-state index >= 15 is 0 Å². The third kappa shape index (κ3) is 1.67. The Morgan fingerprint density at radius 2 is 1.87 bits per heavy atom. The van der Waals surface area contributed by atoms with E-state index in [2.05, 4.69) is 44.5 Å². The summed E-state index contributed by atoms with van der Waals surface area (Å²) in [6.07, 6.45) is 0. The van der Waals surface area contributed by atoms with Gasteiger partial charge in [0.15, 0.2) is 5.71 Å². The lowest BCUT2D eigenvalue weighted by Gasteiger charge is -2.14. The number of fused-ring (bicyclic) bond motifs is 1. The molecule has 1 aromatic rings.